The number of carbonyl (C=O) groups is 1. The van der Waals surface area contributed by atoms with Gasteiger partial charge in [-0.3, -0.25) is 0 Å². The minimum absolute atomic E-state index is 0.243. The zero-order valence-electron chi connectivity index (χ0n) is 17.1. The Balaban J connectivity index is 2.19. The third-order valence-corrected chi connectivity index (χ3v) is 5.28. The molecule has 0 saturated carbocycles. The molecule has 150 valence electrons. The van der Waals surface area contributed by atoms with E-state index in [1.165, 1.54) is 0 Å². The number of carboxylic acid groups (broad SMARTS) is 1. The number of hydrogen-bond acceptors (Lipinski definition) is 3. The Hall–Kier alpha value is -2.98. The second-order valence-electron chi connectivity index (χ2n) is 7.44. The number of carboxylic acids is 1. The van der Waals surface area contributed by atoms with Crippen LogP contribution in [-0.2, 0) is 0 Å². The minimum atomic E-state index is -0.962. The van der Waals surface area contributed by atoms with E-state index in [0.717, 1.165) is 22.5 Å². The van der Waals surface area contributed by atoms with Crippen molar-refractivity contribution in [1.82, 2.24) is 0 Å². The molecule has 0 aromatic heterocycles. The van der Waals surface area contributed by atoms with Crippen molar-refractivity contribution in [1.29, 1.82) is 0 Å². The summed E-state index contributed by atoms with van der Waals surface area (Å²) in [5.41, 5.74) is 5.13. The Morgan fingerprint density at radius 3 is 1.62 bits per heavy atom. The molecule has 3 aromatic rings. The van der Waals surface area contributed by atoms with Crippen molar-refractivity contribution in [3.63, 3.8) is 0 Å². The second kappa shape index (κ2) is 8.58. The van der Waals surface area contributed by atoms with Gasteiger partial charge < -0.3 is 14.9 Å². The van der Waals surface area contributed by atoms with Gasteiger partial charge in [-0.1, -0.05) is 35.9 Å². The Kier molecular flexibility index (Phi) is 6.14. The topological polar surface area (TPSA) is 43.8 Å². The maximum atomic E-state index is 11.9. The summed E-state index contributed by atoms with van der Waals surface area (Å²) in [6, 6.07) is 21.3. The van der Waals surface area contributed by atoms with Gasteiger partial charge in [-0.2, -0.15) is 0 Å². The predicted molar refractivity (Wildman–Crippen MR) is 121 cm³/mol. The molecule has 0 atom stereocenters. The zero-order chi connectivity index (χ0) is 21.1. The molecule has 3 rings (SSSR count). The van der Waals surface area contributed by atoms with E-state index < -0.39 is 5.97 Å². The summed E-state index contributed by atoms with van der Waals surface area (Å²) in [6.45, 7) is 0. The predicted octanol–water partition coefficient (Wildman–Crippen LogP) is 5.35. The molecule has 0 aliphatic heterocycles. The fourth-order valence-corrected chi connectivity index (χ4v) is 3.63. The third kappa shape index (κ3) is 4.54. The first kappa shape index (κ1) is 20.7. The van der Waals surface area contributed by atoms with E-state index in [2.05, 4.69) is 0 Å². The van der Waals surface area contributed by atoms with E-state index in [9.17, 15) is 9.90 Å². The summed E-state index contributed by atoms with van der Waals surface area (Å²) in [4.78, 5) is 16.0. The fraction of sp³-hybridized carbons (Fsp3) is 0.208. The molecule has 0 radical (unpaired) electrons. The van der Waals surface area contributed by atoms with Crippen molar-refractivity contribution in [2.75, 3.05) is 38.0 Å². The van der Waals surface area contributed by atoms with Crippen molar-refractivity contribution in [2.45, 2.75) is 5.92 Å². The molecule has 0 amide bonds. The van der Waals surface area contributed by atoms with Gasteiger partial charge in [-0.15, -0.1) is 0 Å². The molecule has 1 N–H and O–H groups in total. The van der Waals surface area contributed by atoms with E-state index in [1.807, 2.05) is 86.5 Å². The lowest BCUT2D eigenvalue weighted by molar-refractivity contribution is 0.0695. The maximum absolute atomic E-state index is 11.9. The van der Waals surface area contributed by atoms with E-state index in [4.69, 9.17) is 11.6 Å². The fourth-order valence-electron chi connectivity index (χ4n) is 3.45. The number of hydrogen-bond donors (Lipinski definition) is 1. The molecule has 0 aliphatic carbocycles. The Morgan fingerprint density at radius 1 is 0.793 bits per heavy atom. The van der Waals surface area contributed by atoms with Crippen LogP contribution >= 0.6 is 11.6 Å². The number of nitrogens with zero attached hydrogens (tertiary/aromatic N) is 2. The molecule has 0 heterocycles. The van der Waals surface area contributed by atoms with Gasteiger partial charge in [0.15, 0.2) is 0 Å². The van der Waals surface area contributed by atoms with Crippen LogP contribution in [0.2, 0.25) is 5.02 Å². The van der Waals surface area contributed by atoms with Crippen LogP contribution in [0.1, 0.15) is 33.0 Å². The second-order valence-corrected chi connectivity index (χ2v) is 7.88. The minimum Gasteiger partial charge on any atom is -0.478 e. The van der Waals surface area contributed by atoms with Crippen LogP contribution in [0.15, 0.2) is 66.7 Å². The van der Waals surface area contributed by atoms with Crippen molar-refractivity contribution < 1.29 is 9.90 Å². The number of benzene rings is 3. The summed E-state index contributed by atoms with van der Waals surface area (Å²) in [6.07, 6.45) is 0. The quantitative estimate of drug-likeness (QED) is 0.558. The first-order valence-corrected chi connectivity index (χ1v) is 9.73. The Labute approximate surface area is 177 Å². The zero-order valence-corrected chi connectivity index (χ0v) is 17.8. The van der Waals surface area contributed by atoms with Crippen molar-refractivity contribution in [3.8, 4) is 0 Å². The highest BCUT2D eigenvalue weighted by Crippen LogP contribution is 2.36. The lowest BCUT2D eigenvalue weighted by Crippen LogP contribution is -2.12. The maximum Gasteiger partial charge on any atom is 0.335 e. The monoisotopic (exact) mass is 408 g/mol. The highest BCUT2D eigenvalue weighted by molar-refractivity contribution is 6.30. The first-order chi connectivity index (χ1) is 13.8. The summed E-state index contributed by atoms with van der Waals surface area (Å²) >= 11 is 6.27. The van der Waals surface area contributed by atoms with Crippen LogP contribution < -0.4 is 9.80 Å². The number of anilines is 2. The smallest absolute Gasteiger partial charge is 0.335 e. The number of aromatic carboxylic acids is 1. The highest BCUT2D eigenvalue weighted by Gasteiger charge is 2.23. The van der Waals surface area contributed by atoms with Gasteiger partial charge >= 0.3 is 5.97 Å². The van der Waals surface area contributed by atoms with Crippen LogP contribution in [0, 0.1) is 0 Å². The summed E-state index contributed by atoms with van der Waals surface area (Å²) in [7, 11) is 7.97. The summed E-state index contributed by atoms with van der Waals surface area (Å²) < 4.78 is 0. The molecule has 4 nitrogen and oxygen atoms in total. The molecule has 0 spiro atoms. The lowest BCUT2D eigenvalue weighted by Gasteiger charge is -2.23. The summed E-state index contributed by atoms with van der Waals surface area (Å²) in [5, 5.41) is 10.3. The SMILES string of the molecule is CN(C)c1ccc(C(c2ccc(N(C)C)cc2)c2cc(Cl)ccc2C(=O)O)cc1. The molecular formula is C24H25ClN2O2. The largest absolute Gasteiger partial charge is 0.478 e. The number of halogens is 1. The van der Waals surface area contributed by atoms with Gasteiger partial charge in [0.25, 0.3) is 0 Å². The van der Waals surface area contributed by atoms with Gasteiger partial charge in [0, 0.05) is 50.5 Å². The van der Waals surface area contributed by atoms with E-state index in [-0.39, 0.29) is 11.5 Å². The molecular weight excluding hydrogens is 384 g/mol. The van der Waals surface area contributed by atoms with Crippen molar-refractivity contribution in [3.05, 3.63) is 94.0 Å². The number of rotatable bonds is 6. The molecule has 3 aromatic carbocycles. The lowest BCUT2D eigenvalue weighted by atomic mass is 9.82. The Bertz CT molecular complexity index is 945. The molecule has 0 fully saturated rings. The normalized spacial score (nSPS) is 10.8. The molecule has 29 heavy (non-hydrogen) atoms. The summed E-state index contributed by atoms with van der Waals surface area (Å²) in [5.74, 6) is -1.20. The molecule has 0 bridgehead atoms. The van der Waals surface area contributed by atoms with Crippen LogP contribution in [0.25, 0.3) is 0 Å². The Morgan fingerprint density at radius 2 is 1.24 bits per heavy atom. The van der Waals surface area contributed by atoms with Gasteiger partial charge in [0.05, 0.1) is 5.56 Å². The van der Waals surface area contributed by atoms with Gasteiger partial charge in [0.2, 0.25) is 0 Å². The van der Waals surface area contributed by atoms with Gasteiger partial charge in [0.1, 0.15) is 0 Å². The molecule has 0 saturated heterocycles. The average molecular weight is 409 g/mol. The van der Waals surface area contributed by atoms with Crippen LogP contribution in [0.3, 0.4) is 0 Å². The van der Waals surface area contributed by atoms with Crippen LogP contribution in [0.5, 0.6) is 0 Å². The van der Waals surface area contributed by atoms with Crippen molar-refractivity contribution in [2.24, 2.45) is 0 Å². The van der Waals surface area contributed by atoms with E-state index in [0.29, 0.717) is 10.6 Å². The van der Waals surface area contributed by atoms with Crippen LogP contribution in [0.4, 0.5) is 11.4 Å². The van der Waals surface area contributed by atoms with Gasteiger partial charge in [-0.25, -0.2) is 4.79 Å². The van der Waals surface area contributed by atoms with E-state index >= 15 is 0 Å². The van der Waals surface area contributed by atoms with Crippen molar-refractivity contribution >= 4 is 28.9 Å². The standard InChI is InChI=1S/C24H25ClN2O2/c1-26(2)19-10-5-16(6-11-19)23(17-7-12-20(13-8-17)27(3)4)22-15-18(25)9-14-21(22)24(28)29/h5-15,23H,1-4H3,(H,28,29). The molecule has 5 heteroatoms. The molecule has 0 unspecified atom stereocenters. The third-order valence-electron chi connectivity index (χ3n) is 5.04. The average Bonchev–Trinajstić information content (AvgIpc) is 2.69. The van der Waals surface area contributed by atoms with Crippen LogP contribution in [-0.4, -0.2) is 39.3 Å². The van der Waals surface area contributed by atoms with E-state index in [1.54, 1.807) is 18.2 Å². The first-order valence-electron chi connectivity index (χ1n) is 9.35. The van der Waals surface area contributed by atoms with Gasteiger partial charge in [-0.05, 0) is 59.2 Å². The molecule has 0 aliphatic rings. The highest BCUT2D eigenvalue weighted by atomic mass is 35.5.